The Morgan fingerprint density at radius 3 is 2.69 bits per heavy atom. The van der Waals surface area contributed by atoms with Gasteiger partial charge in [0.05, 0.1) is 7.11 Å². The first-order chi connectivity index (χ1) is 6.19. The molecule has 1 aromatic carbocycles. The van der Waals surface area contributed by atoms with Gasteiger partial charge in [-0.1, -0.05) is 24.6 Å². The molecule has 0 saturated heterocycles. The zero-order valence-electron chi connectivity index (χ0n) is 8.50. The third-order valence-corrected chi connectivity index (χ3v) is 2.22. The fourth-order valence-corrected chi connectivity index (χ4v) is 1.36. The van der Waals surface area contributed by atoms with Crippen molar-refractivity contribution in [3.05, 3.63) is 29.3 Å². The van der Waals surface area contributed by atoms with Gasteiger partial charge >= 0.3 is 0 Å². The molecule has 1 rings (SSSR count). The van der Waals surface area contributed by atoms with Crippen LogP contribution in [0.5, 0.6) is 5.75 Å². The number of rotatable bonds is 3. The standard InChI is InChI=1S/C11H17NO/c1-4-10(12)9-7-8(2)5-6-11(9)13-3/h5-7,10H,4,12H2,1-3H3. The van der Waals surface area contributed by atoms with Gasteiger partial charge in [0.15, 0.2) is 0 Å². The van der Waals surface area contributed by atoms with Crippen LogP contribution in [-0.4, -0.2) is 7.11 Å². The fourth-order valence-electron chi connectivity index (χ4n) is 1.36. The van der Waals surface area contributed by atoms with Crippen LogP contribution >= 0.6 is 0 Å². The number of benzene rings is 1. The summed E-state index contributed by atoms with van der Waals surface area (Å²) in [6, 6.07) is 6.17. The molecular formula is C11H17NO. The molecule has 13 heavy (non-hydrogen) atoms. The lowest BCUT2D eigenvalue weighted by molar-refractivity contribution is 0.405. The van der Waals surface area contributed by atoms with Gasteiger partial charge in [0.1, 0.15) is 5.75 Å². The molecule has 2 N–H and O–H groups in total. The summed E-state index contributed by atoms with van der Waals surface area (Å²) in [6.45, 7) is 4.14. The van der Waals surface area contributed by atoms with E-state index in [2.05, 4.69) is 19.9 Å². The summed E-state index contributed by atoms with van der Waals surface area (Å²) in [5.41, 5.74) is 8.28. The fraction of sp³-hybridized carbons (Fsp3) is 0.455. The first kappa shape index (κ1) is 10.1. The topological polar surface area (TPSA) is 35.2 Å². The summed E-state index contributed by atoms with van der Waals surface area (Å²) in [5, 5.41) is 0. The molecule has 2 heteroatoms. The quantitative estimate of drug-likeness (QED) is 0.773. The molecular weight excluding hydrogens is 162 g/mol. The second kappa shape index (κ2) is 4.28. The highest BCUT2D eigenvalue weighted by molar-refractivity contribution is 5.38. The van der Waals surface area contributed by atoms with Gasteiger partial charge in [-0.25, -0.2) is 0 Å². The summed E-state index contributed by atoms with van der Waals surface area (Å²) in [7, 11) is 1.68. The average Bonchev–Trinajstić information content (AvgIpc) is 2.16. The van der Waals surface area contributed by atoms with Crippen LogP contribution in [0.25, 0.3) is 0 Å². The summed E-state index contributed by atoms with van der Waals surface area (Å²) < 4.78 is 5.24. The number of ether oxygens (including phenoxy) is 1. The maximum absolute atomic E-state index is 5.96. The Balaban J connectivity index is 3.07. The van der Waals surface area contributed by atoms with Crippen LogP contribution in [0.15, 0.2) is 18.2 Å². The monoisotopic (exact) mass is 179 g/mol. The van der Waals surface area contributed by atoms with E-state index in [4.69, 9.17) is 10.5 Å². The molecule has 2 nitrogen and oxygen atoms in total. The van der Waals surface area contributed by atoms with Crippen LogP contribution < -0.4 is 10.5 Å². The van der Waals surface area contributed by atoms with Crippen molar-refractivity contribution in [2.75, 3.05) is 7.11 Å². The Kier molecular flexibility index (Phi) is 3.32. The highest BCUT2D eigenvalue weighted by Crippen LogP contribution is 2.26. The lowest BCUT2D eigenvalue weighted by Crippen LogP contribution is -2.10. The van der Waals surface area contributed by atoms with Gasteiger partial charge in [-0.2, -0.15) is 0 Å². The first-order valence-corrected chi connectivity index (χ1v) is 4.59. The molecule has 0 aliphatic heterocycles. The molecule has 0 bridgehead atoms. The summed E-state index contributed by atoms with van der Waals surface area (Å²) in [4.78, 5) is 0. The van der Waals surface area contributed by atoms with Crippen LogP contribution in [0.4, 0.5) is 0 Å². The smallest absolute Gasteiger partial charge is 0.123 e. The Hall–Kier alpha value is -1.02. The first-order valence-electron chi connectivity index (χ1n) is 4.59. The third kappa shape index (κ3) is 2.22. The molecule has 0 heterocycles. The predicted molar refractivity (Wildman–Crippen MR) is 55.0 cm³/mol. The van der Waals surface area contributed by atoms with E-state index in [9.17, 15) is 0 Å². The van der Waals surface area contributed by atoms with Crippen LogP contribution in [0.1, 0.15) is 30.5 Å². The maximum atomic E-state index is 5.96. The van der Waals surface area contributed by atoms with Crippen molar-refractivity contribution in [3.8, 4) is 5.75 Å². The second-order valence-electron chi connectivity index (χ2n) is 3.26. The molecule has 0 aliphatic rings. The number of hydrogen-bond donors (Lipinski definition) is 1. The molecule has 0 saturated carbocycles. The number of hydrogen-bond acceptors (Lipinski definition) is 2. The average molecular weight is 179 g/mol. The summed E-state index contributed by atoms with van der Waals surface area (Å²) in [5.74, 6) is 0.889. The zero-order valence-corrected chi connectivity index (χ0v) is 8.50. The van der Waals surface area contributed by atoms with Gasteiger partial charge in [-0.05, 0) is 19.4 Å². The number of aryl methyl sites for hydroxylation is 1. The van der Waals surface area contributed by atoms with Crippen LogP contribution in [0.3, 0.4) is 0 Å². The van der Waals surface area contributed by atoms with E-state index < -0.39 is 0 Å². The molecule has 1 unspecified atom stereocenters. The van der Waals surface area contributed by atoms with Gasteiger partial charge in [0.2, 0.25) is 0 Å². The van der Waals surface area contributed by atoms with Crippen molar-refractivity contribution < 1.29 is 4.74 Å². The SMILES string of the molecule is CCC(N)c1cc(C)ccc1OC. The minimum atomic E-state index is 0.0786. The van der Waals surface area contributed by atoms with E-state index in [1.165, 1.54) is 5.56 Å². The van der Waals surface area contributed by atoms with Gasteiger partial charge < -0.3 is 10.5 Å². The third-order valence-electron chi connectivity index (χ3n) is 2.22. The van der Waals surface area contributed by atoms with Crippen molar-refractivity contribution >= 4 is 0 Å². The lowest BCUT2D eigenvalue weighted by atomic mass is 10.0. The minimum Gasteiger partial charge on any atom is -0.496 e. The van der Waals surface area contributed by atoms with Gasteiger partial charge in [0.25, 0.3) is 0 Å². The molecule has 0 spiro atoms. The Morgan fingerprint density at radius 2 is 2.15 bits per heavy atom. The highest BCUT2D eigenvalue weighted by atomic mass is 16.5. The molecule has 0 radical (unpaired) electrons. The number of methoxy groups -OCH3 is 1. The number of nitrogens with two attached hydrogens (primary N) is 1. The Bertz CT molecular complexity index is 283. The Morgan fingerprint density at radius 1 is 1.46 bits per heavy atom. The van der Waals surface area contributed by atoms with Crippen LogP contribution in [0.2, 0.25) is 0 Å². The molecule has 1 aromatic rings. The van der Waals surface area contributed by atoms with Crippen molar-refractivity contribution in [1.29, 1.82) is 0 Å². The van der Waals surface area contributed by atoms with Gasteiger partial charge in [0, 0.05) is 11.6 Å². The molecule has 1 atom stereocenters. The van der Waals surface area contributed by atoms with E-state index in [0.29, 0.717) is 0 Å². The predicted octanol–water partition coefficient (Wildman–Crippen LogP) is 2.41. The van der Waals surface area contributed by atoms with E-state index in [1.807, 2.05) is 12.1 Å². The van der Waals surface area contributed by atoms with Crippen molar-refractivity contribution in [2.45, 2.75) is 26.3 Å². The van der Waals surface area contributed by atoms with Crippen molar-refractivity contribution in [2.24, 2.45) is 5.73 Å². The van der Waals surface area contributed by atoms with E-state index in [0.717, 1.165) is 17.7 Å². The van der Waals surface area contributed by atoms with Crippen LogP contribution in [-0.2, 0) is 0 Å². The highest BCUT2D eigenvalue weighted by Gasteiger charge is 2.09. The van der Waals surface area contributed by atoms with Crippen molar-refractivity contribution in [3.63, 3.8) is 0 Å². The molecule has 72 valence electrons. The minimum absolute atomic E-state index is 0.0786. The van der Waals surface area contributed by atoms with E-state index in [1.54, 1.807) is 7.11 Å². The normalized spacial score (nSPS) is 12.6. The zero-order chi connectivity index (χ0) is 9.84. The largest absolute Gasteiger partial charge is 0.496 e. The molecule has 0 amide bonds. The Labute approximate surface area is 79.7 Å². The maximum Gasteiger partial charge on any atom is 0.123 e. The second-order valence-corrected chi connectivity index (χ2v) is 3.26. The molecule has 0 aliphatic carbocycles. The lowest BCUT2D eigenvalue weighted by Gasteiger charge is -2.14. The van der Waals surface area contributed by atoms with Gasteiger partial charge in [-0.3, -0.25) is 0 Å². The van der Waals surface area contributed by atoms with Crippen molar-refractivity contribution in [1.82, 2.24) is 0 Å². The van der Waals surface area contributed by atoms with E-state index >= 15 is 0 Å². The molecule has 0 aromatic heterocycles. The molecule has 0 fully saturated rings. The van der Waals surface area contributed by atoms with Gasteiger partial charge in [-0.15, -0.1) is 0 Å². The summed E-state index contributed by atoms with van der Waals surface area (Å²) in [6.07, 6.45) is 0.930. The van der Waals surface area contributed by atoms with E-state index in [-0.39, 0.29) is 6.04 Å². The van der Waals surface area contributed by atoms with Crippen LogP contribution in [0, 0.1) is 6.92 Å². The summed E-state index contributed by atoms with van der Waals surface area (Å²) >= 11 is 0.